The van der Waals surface area contributed by atoms with Gasteiger partial charge in [0.05, 0.1) is 24.4 Å². The number of thiophene rings is 1. The Bertz CT molecular complexity index is 660. The van der Waals surface area contributed by atoms with Crippen molar-refractivity contribution in [2.24, 2.45) is 0 Å². The van der Waals surface area contributed by atoms with Crippen molar-refractivity contribution >= 4 is 33.1 Å². The zero-order valence-corrected chi connectivity index (χ0v) is 11.4. The molecule has 1 atom stereocenters. The second-order valence-corrected chi connectivity index (χ2v) is 5.22. The lowest BCUT2D eigenvalue weighted by molar-refractivity contribution is 0.0752. The van der Waals surface area contributed by atoms with E-state index in [-0.39, 0.29) is 18.4 Å². The molecule has 0 saturated carbocycles. The van der Waals surface area contributed by atoms with Crippen molar-refractivity contribution in [2.75, 3.05) is 12.8 Å². The molecule has 0 saturated heterocycles. The Hall–Kier alpha value is -2.20. The highest BCUT2D eigenvalue weighted by atomic mass is 32.1. The van der Waals surface area contributed by atoms with E-state index in [4.69, 9.17) is 11.0 Å². The molecule has 0 aliphatic carbocycles. The molecular formula is C12H13N5OS. The summed E-state index contributed by atoms with van der Waals surface area (Å²) < 4.78 is 0. The van der Waals surface area contributed by atoms with E-state index in [1.165, 1.54) is 16.2 Å². The highest BCUT2D eigenvalue weighted by Gasteiger charge is 2.23. The van der Waals surface area contributed by atoms with E-state index in [2.05, 4.69) is 16.3 Å². The van der Waals surface area contributed by atoms with Crippen molar-refractivity contribution in [3.63, 3.8) is 0 Å². The van der Waals surface area contributed by atoms with Gasteiger partial charge in [0, 0.05) is 18.5 Å². The number of nitrogens with zero attached hydrogens (tertiary/aromatic N) is 4. The van der Waals surface area contributed by atoms with Crippen molar-refractivity contribution in [1.29, 1.82) is 5.26 Å². The summed E-state index contributed by atoms with van der Waals surface area (Å²) in [7, 11) is 1.67. The fraction of sp³-hybridized carbons (Fsp3) is 0.333. The molecule has 0 radical (unpaired) electrons. The van der Waals surface area contributed by atoms with Gasteiger partial charge >= 0.3 is 0 Å². The van der Waals surface area contributed by atoms with Crippen LogP contribution in [0.2, 0.25) is 0 Å². The van der Waals surface area contributed by atoms with Crippen molar-refractivity contribution in [3.8, 4) is 6.07 Å². The molecule has 2 rings (SSSR count). The average Bonchev–Trinajstić information content (AvgIpc) is 2.75. The van der Waals surface area contributed by atoms with Crippen LogP contribution in [0.25, 0.3) is 10.2 Å². The van der Waals surface area contributed by atoms with Gasteiger partial charge in [0.2, 0.25) is 0 Å². The van der Waals surface area contributed by atoms with E-state index < -0.39 is 0 Å². The summed E-state index contributed by atoms with van der Waals surface area (Å²) in [6.45, 7) is 1.82. The highest BCUT2D eigenvalue weighted by Crippen LogP contribution is 2.32. The Morgan fingerprint density at radius 3 is 3.05 bits per heavy atom. The quantitative estimate of drug-likeness (QED) is 0.918. The molecule has 1 unspecified atom stereocenters. The summed E-state index contributed by atoms with van der Waals surface area (Å²) in [5.41, 5.74) is 6.41. The first-order valence-electron chi connectivity index (χ1n) is 5.70. The van der Waals surface area contributed by atoms with Crippen LogP contribution in [-0.4, -0.2) is 34.1 Å². The number of rotatable bonds is 3. The lowest BCUT2D eigenvalue weighted by atomic mass is 10.2. The predicted molar refractivity (Wildman–Crippen MR) is 73.6 cm³/mol. The molecule has 0 fully saturated rings. The van der Waals surface area contributed by atoms with E-state index in [1.807, 2.05) is 6.92 Å². The Morgan fingerprint density at radius 1 is 1.68 bits per heavy atom. The number of nitrogens with two attached hydrogens (primary N) is 1. The van der Waals surface area contributed by atoms with Crippen LogP contribution in [0.3, 0.4) is 0 Å². The molecule has 1 amide bonds. The van der Waals surface area contributed by atoms with Gasteiger partial charge in [-0.2, -0.15) is 10.4 Å². The molecule has 6 nitrogen and oxygen atoms in total. The number of hydrogen-bond donors (Lipinski definition) is 1. The van der Waals surface area contributed by atoms with Crippen LogP contribution in [0.5, 0.6) is 0 Å². The summed E-state index contributed by atoms with van der Waals surface area (Å²) in [5.74, 6) is -0.191. The predicted octanol–water partition coefficient (Wildman–Crippen LogP) is 1.65. The summed E-state index contributed by atoms with van der Waals surface area (Å²) >= 11 is 1.22. The van der Waals surface area contributed by atoms with Crippen molar-refractivity contribution in [3.05, 3.63) is 17.1 Å². The van der Waals surface area contributed by atoms with E-state index >= 15 is 0 Å². The first-order chi connectivity index (χ1) is 9.06. The van der Waals surface area contributed by atoms with Gasteiger partial charge in [-0.15, -0.1) is 16.4 Å². The third-order valence-electron chi connectivity index (χ3n) is 2.98. The number of nitriles is 1. The number of nitrogen functional groups attached to an aromatic ring is 1. The maximum absolute atomic E-state index is 12.4. The fourth-order valence-corrected chi connectivity index (χ4v) is 2.68. The molecule has 2 aromatic rings. The molecular weight excluding hydrogens is 262 g/mol. The molecule has 2 N–H and O–H groups in total. The van der Waals surface area contributed by atoms with E-state index in [0.29, 0.717) is 15.4 Å². The Morgan fingerprint density at radius 2 is 2.42 bits per heavy atom. The standard InChI is InChI=1S/C12H13N5OS/c1-7(3-5-13)17(2)12(18)10-9(14)8-4-6-15-16-11(8)19-10/h4,6-7H,3,14H2,1-2H3. The second-order valence-electron chi connectivity index (χ2n) is 4.22. The number of carbonyl (C=O) groups excluding carboxylic acids is 1. The fourth-order valence-electron chi connectivity index (χ4n) is 1.66. The maximum Gasteiger partial charge on any atom is 0.266 e. The van der Waals surface area contributed by atoms with Gasteiger partial charge in [-0.25, -0.2) is 0 Å². The van der Waals surface area contributed by atoms with Crippen LogP contribution >= 0.6 is 11.3 Å². The van der Waals surface area contributed by atoms with Crippen LogP contribution in [0.15, 0.2) is 12.3 Å². The number of amides is 1. The average molecular weight is 275 g/mol. The summed E-state index contributed by atoms with van der Waals surface area (Å²) in [6, 6.07) is 3.63. The zero-order valence-electron chi connectivity index (χ0n) is 10.6. The molecule has 0 spiro atoms. The van der Waals surface area contributed by atoms with Gasteiger partial charge in [0.1, 0.15) is 9.71 Å². The summed E-state index contributed by atoms with van der Waals surface area (Å²) in [6.07, 6.45) is 1.83. The smallest absolute Gasteiger partial charge is 0.266 e. The summed E-state index contributed by atoms with van der Waals surface area (Å²) in [5, 5.41) is 17.1. The topological polar surface area (TPSA) is 95.9 Å². The minimum absolute atomic E-state index is 0.159. The first-order valence-corrected chi connectivity index (χ1v) is 6.51. The van der Waals surface area contributed by atoms with E-state index in [1.54, 1.807) is 19.3 Å². The van der Waals surface area contributed by atoms with Crippen molar-refractivity contribution < 1.29 is 4.79 Å². The monoisotopic (exact) mass is 275 g/mol. The van der Waals surface area contributed by atoms with E-state index in [0.717, 1.165) is 5.39 Å². The van der Waals surface area contributed by atoms with Crippen LogP contribution in [0, 0.1) is 11.3 Å². The lowest BCUT2D eigenvalue weighted by Gasteiger charge is -2.22. The second kappa shape index (κ2) is 5.20. The zero-order chi connectivity index (χ0) is 14.0. The lowest BCUT2D eigenvalue weighted by Crippen LogP contribution is -2.34. The molecule has 19 heavy (non-hydrogen) atoms. The molecule has 98 valence electrons. The Labute approximate surface area is 114 Å². The normalized spacial score (nSPS) is 12.1. The minimum atomic E-state index is -0.191. The van der Waals surface area contributed by atoms with Gasteiger partial charge in [-0.05, 0) is 13.0 Å². The molecule has 0 aliphatic heterocycles. The van der Waals surface area contributed by atoms with Gasteiger partial charge in [0.25, 0.3) is 5.91 Å². The van der Waals surface area contributed by atoms with Crippen LogP contribution < -0.4 is 5.73 Å². The van der Waals surface area contributed by atoms with Gasteiger partial charge in [0.15, 0.2) is 0 Å². The molecule has 7 heteroatoms. The molecule has 0 aliphatic rings. The molecule has 0 aromatic carbocycles. The van der Waals surface area contributed by atoms with E-state index in [9.17, 15) is 4.79 Å². The van der Waals surface area contributed by atoms with Gasteiger partial charge < -0.3 is 10.6 Å². The van der Waals surface area contributed by atoms with Gasteiger partial charge in [-0.1, -0.05) is 0 Å². The number of hydrogen-bond acceptors (Lipinski definition) is 6. The number of fused-ring (bicyclic) bond motifs is 1. The SMILES string of the molecule is CC(CC#N)N(C)C(=O)c1sc2nnccc2c1N. The number of carbonyl (C=O) groups is 1. The minimum Gasteiger partial charge on any atom is -0.397 e. The Kier molecular flexibility index (Phi) is 3.62. The largest absolute Gasteiger partial charge is 0.397 e. The van der Waals surface area contributed by atoms with Crippen LogP contribution in [0.4, 0.5) is 5.69 Å². The molecule has 0 bridgehead atoms. The number of aromatic nitrogens is 2. The van der Waals surface area contributed by atoms with Crippen molar-refractivity contribution in [1.82, 2.24) is 15.1 Å². The highest BCUT2D eigenvalue weighted by molar-refractivity contribution is 7.21. The third kappa shape index (κ3) is 2.35. The van der Waals surface area contributed by atoms with Crippen LogP contribution in [-0.2, 0) is 0 Å². The molecule has 2 heterocycles. The van der Waals surface area contributed by atoms with Crippen LogP contribution in [0.1, 0.15) is 23.0 Å². The first kappa shape index (κ1) is 13.2. The molecule has 2 aromatic heterocycles. The maximum atomic E-state index is 12.4. The Balaban J connectivity index is 2.37. The van der Waals surface area contributed by atoms with Crippen molar-refractivity contribution in [2.45, 2.75) is 19.4 Å². The summed E-state index contributed by atoms with van der Waals surface area (Å²) in [4.78, 5) is 15.0. The third-order valence-corrected chi connectivity index (χ3v) is 4.08. The number of anilines is 1. The van der Waals surface area contributed by atoms with Gasteiger partial charge in [-0.3, -0.25) is 4.79 Å².